The molecule has 10 heteroatoms. The van der Waals surface area contributed by atoms with Crippen LogP contribution in [-0.4, -0.2) is 61.8 Å². The van der Waals surface area contributed by atoms with Crippen LogP contribution in [0.2, 0.25) is 5.02 Å². The Balaban J connectivity index is 1.51. The molecule has 0 atom stereocenters. The number of hydrogen-bond acceptors (Lipinski definition) is 5. The molecule has 0 radical (unpaired) electrons. The number of aryl methyl sites for hydroxylation is 1. The monoisotopic (exact) mass is 477 g/mol. The van der Waals surface area contributed by atoms with E-state index in [0.717, 1.165) is 23.0 Å². The smallest absolute Gasteiger partial charge is 0.255 e. The van der Waals surface area contributed by atoms with E-state index < -0.39 is 15.8 Å². The summed E-state index contributed by atoms with van der Waals surface area (Å²) in [7, 11) is -2.26. The minimum absolute atomic E-state index is 0.0753. The Morgan fingerprint density at radius 3 is 2.47 bits per heavy atom. The summed E-state index contributed by atoms with van der Waals surface area (Å²) in [4.78, 5) is 19.2. The number of nitrogens with zero attached hydrogens (tertiary/aromatic N) is 3. The maximum Gasteiger partial charge on any atom is 0.255 e. The Labute approximate surface area is 190 Å². The first-order valence-corrected chi connectivity index (χ1v) is 11.7. The maximum absolute atomic E-state index is 13.4. The molecule has 4 rings (SSSR count). The molecule has 7 nitrogen and oxygen atoms in total. The fraction of sp³-hybridized carbons (Fsp3) is 0.273. The molecule has 3 aromatic rings. The second-order valence-electron chi connectivity index (χ2n) is 7.45. The van der Waals surface area contributed by atoms with Crippen LogP contribution in [0.3, 0.4) is 0 Å². The molecule has 0 saturated carbocycles. The third-order valence-corrected chi connectivity index (χ3v) is 7.68. The van der Waals surface area contributed by atoms with Crippen molar-refractivity contribution in [3.05, 3.63) is 64.6 Å². The summed E-state index contributed by atoms with van der Waals surface area (Å²) in [5, 5.41) is 0.561. The van der Waals surface area contributed by atoms with E-state index in [4.69, 9.17) is 16.3 Å². The van der Waals surface area contributed by atoms with E-state index in [-0.39, 0.29) is 42.0 Å². The normalized spacial score (nSPS) is 15.2. The van der Waals surface area contributed by atoms with Gasteiger partial charge in [0.1, 0.15) is 11.6 Å². The van der Waals surface area contributed by atoms with Crippen LogP contribution >= 0.6 is 11.6 Å². The highest BCUT2D eigenvalue weighted by molar-refractivity contribution is 7.89. The first-order valence-electron chi connectivity index (χ1n) is 9.90. The molecule has 1 amide bonds. The number of carbonyl (C=O) groups is 1. The fourth-order valence-electron chi connectivity index (χ4n) is 3.67. The number of sulfonamides is 1. The number of amides is 1. The largest absolute Gasteiger partial charge is 0.497 e. The van der Waals surface area contributed by atoms with Gasteiger partial charge in [0, 0.05) is 37.6 Å². The summed E-state index contributed by atoms with van der Waals surface area (Å²) in [5.41, 5.74) is 1.79. The molecule has 1 saturated heterocycles. The number of halogens is 2. The molecule has 2 aromatic carbocycles. The maximum atomic E-state index is 13.4. The van der Waals surface area contributed by atoms with Crippen LogP contribution in [0.5, 0.6) is 5.75 Å². The molecule has 168 valence electrons. The third kappa shape index (κ3) is 4.15. The molecule has 1 aromatic heterocycles. The van der Waals surface area contributed by atoms with Crippen molar-refractivity contribution in [1.82, 2.24) is 14.2 Å². The van der Waals surface area contributed by atoms with Crippen molar-refractivity contribution in [3.8, 4) is 5.75 Å². The summed E-state index contributed by atoms with van der Waals surface area (Å²) >= 11 is 5.74. The summed E-state index contributed by atoms with van der Waals surface area (Å²) in [6.07, 6.45) is 0. The highest BCUT2D eigenvalue weighted by atomic mass is 35.5. The van der Waals surface area contributed by atoms with Crippen LogP contribution in [0, 0.1) is 12.7 Å². The second kappa shape index (κ2) is 8.65. The van der Waals surface area contributed by atoms with E-state index in [1.807, 2.05) is 12.1 Å². The van der Waals surface area contributed by atoms with Crippen LogP contribution < -0.4 is 4.74 Å². The molecule has 0 aliphatic carbocycles. The first kappa shape index (κ1) is 22.4. The zero-order chi connectivity index (χ0) is 23.0. The summed E-state index contributed by atoms with van der Waals surface area (Å²) in [5.74, 6) is -0.198. The Hall–Kier alpha value is -2.75. The van der Waals surface area contributed by atoms with Gasteiger partial charge in [0.15, 0.2) is 0 Å². The fourth-order valence-corrected chi connectivity index (χ4v) is 5.37. The SMILES string of the molecule is COc1ccc2cc(C(=O)N3CCN(S(=O)(=O)c4ccc(F)c(Cl)c4)CC3)c(C)nc2c1. The van der Waals surface area contributed by atoms with E-state index in [2.05, 4.69) is 4.98 Å². The third-order valence-electron chi connectivity index (χ3n) is 5.50. The lowest BCUT2D eigenvalue weighted by atomic mass is 10.1. The van der Waals surface area contributed by atoms with Gasteiger partial charge in [0.05, 0.1) is 33.8 Å². The Bertz CT molecular complexity index is 1310. The van der Waals surface area contributed by atoms with Crippen LogP contribution in [-0.2, 0) is 10.0 Å². The number of ether oxygens (including phenoxy) is 1. The number of rotatable bonds is 4. The van der Waals surface area contributed by atoms with Crippen molar-refractivity contribution in [1.29, 1.82) is 0 Å². The topological polar surface area (TPSA) is 79.8 Å². The number of methoxy groups -OCH3 is 1. The van der Waals surface area contributed by atoms with E-state index in [1.54, 1.807) is 31.1 Å². The lowest BCUT2D eigenvalue weighted by Crippen LogP contribution is -2.50. The molecular formula is C22H21ClFN3O4S. The standard InChI is InChI=1S/C22H21ClFN3O4S/c1-14-18(11-15-3-4-16(31-2)12-21(15)25-14)22(28)26-7-9-27(10-8-26)32(29,30)17-5-6-20(24)19(23)13-17/h3-6,11-13H,7-10H2,1-2H3. The lowest BCUT2D eigenvalue weighted by molar-refractivity contribution is 0.0697. The zero-order valence-corrected chi connectivity index (χ0v) is 19.1. The van der Waals surface area contributed by atoms with Gasteiger partial charge >= 0.3 is 0 Å². The number of piperazine rings is 1. The number of pyridine rings is 1. The minimum Gasteiger partial charge on any atom is -0.497 e. The number of hydrogen-bond donors (Lipinski definition) is 0. The molecule has 2 heterocycles. The van der Waals surface area contributed by atoms with Gasteiger partial charge in [-0.3, -0.25) is 9.78 Å². The lowest BCUT2D eigenvalue weighted by Gasteiger charge is -2.34. The molecule has 32 heavy (non-hydrogen) atoms. The predicted octanol–water partition coefficient (Wildman–Crippen LogP) is 3.49. The van der Waals surface area contributed by atoms with Gasteiger partial charge in [-0.2, -0.15) is 4.31 Å². The summed E-state index contributed by atoms with van der Waals surface area (Å²) in [6.45, 7) is 2.48. The zero-order valence-electron chi connectivity index (χ0n) is 17.5. The van der Waals surface area contributed by atoms with Gasteiger partial charge in [-0.1, -0.05) is 11.6 Å². The number of fused-ring (bicyclic) bond motifs is 1. The van der Waals surface area contributed by atoms with E-state index in [9.17, 15) is 17.6 Å². The van der Waals surface area contributed by atoms with Crippen LogP contribution in [0.15, 0.2) is 47.4 Å². The van der Waals surface area contributed by atoms with Gasteiger partial charge in [0.25, 0.3) is 5.91 Å². The minimum atomic E-state index is -3.84. The van der Waals surface area contributed by atoms with E-state index in [1.165, 1.54) is 10.4 Å². The molecule has 0 spiro atoms. The molecule has 1 aliphatic rings. The Morgan fingerprint density at radius 1 is 1.09 bits per heavy atom. The van der Waals surface area contributed by atoms with Crippen molar-refractivity contribution in [2.45, 2.75) is 11.8 Å². The second-order valence-corrected chi connectivity index (χ2v) is 9.80. The predicted molar refractivity (Wildman–Crippen MR) is 119 cm³/mol. The number of benzene rings is 2. The summed E-state index contributed by atoms with van der Waals surface area (Å²) in [6, 6.07) is 10.6. The first-order chi connectivity index (χ1) is 15.2. The quantitative estimate of drug-likeness (QED) is 0.574. The highest BCUT2D eigenvalue weighted by Crippen LogP contribution is 2.25. The van der Waals surface area contributed by atoms with Crippen molar-refractivity contribution in [3.63, 3.8) is 0 Å². The van der Waals surface area contributed by atoms with Crippen LogP contribution in [0.25, 0.3) is 10.9 Å². The van der Waals surface area contributed by atoms with Gasteiger partial charge in [-0.15, -0.1) is 0 Å². The Morgan fingerprint density at radius 2 is 1.81 bits per heavy atom. The Kier molecular flexibility index (Phi) is 6.07. The molecule has 1 aliphatic heterocycles. The van der Waals surface area contributed by atoms with Crippen molar-refractivity contribution < 1.29 is 22.3 Å². The van der Waals surface area contributed by atoms with Gasteiger partial charge in [0.2, 0.25) is 10.0 Å². The van der Waals surface area contributed by atoms with Crippen molar-refractivity contribution in [2.24, 2.45) is 0 Å². The average molecular weight is 478 g/mol. The number of aromatic nitrogens is 1. The van der Waals surface area contributed by atoms with Crippen LogP contribution in [0.4, 0.5) is 4.39 Å². The molecule has 0 unspecified atom stereocenters. The van der Waals surface area contributed by atoms with Crippen molar-refractivity contribution in [2.75, 3.05) is 33.3 Å². The molecule has 0 bridgehead atoms. The van der Waals surface area contributed by atoms with Crippen LogP contribution in [0.1, 0.15) is 16.1 Å². The van der Waals surface area contributed by atoms with E-state index >= 15 is 0 Å². The van der Waals surface area contributed by atoms with Gasteiger partial charge in [-0.05, 0) is 43.3 Å². The highest BCUT2D eigenvalue weighted by Gasteiger charge is 2.31. The molecular weight excluding hydrogens is 457 g/mol. The molecule has 0 N–H and O–H groups in total. The molecule has 1 fully saturated rings. The van der Waals surface area contributed by atoms with E-state index in [0.29, 0.717) is 17.0 Å². The average Bonchev–Trinajstić information content (AvgIpc) is 2.79. The van der Waals surface area contributed by atoms with Gasteiger partial charge in [-0.25, -0.2) is 12.8 Å². The number of carbonyl (C=O) groups excluding carboxylic acids is 1. The van der Waals surface area contributed by atoms with Crippen molar-refractivity contribution >= 4 is 38.4 Å². The summed E-state index contributed by atoms with van der Waals surface area (Å²) < 4.78 is 45.6. The van der Waals surface area contributed by atoms with Gasteiger partial charge < -0.3 is 9.64 Å².